The molecule has 0 bridgehead atoms. The molecule has 0 unspecified atom stereocenters. The van der Waals surface area contributed by atoms with Crippen molar-refractivity contribution in [3.8, 4) is 11.3 Å². The Morgan fingerprint density at radius 3 is 2.68 bits per heavy atom. The lowest BCUT2D eigenvalue weighted by molar-refractivity contribution is 0.102. The van der Waals surface area contributed by atoms with E-state index in [9.17, 15) is 4.79 Å². The fourth-order valence-electron chi connectivity index (χ4n) is 3.10. The van der Waals surface area contributed by atoms with Crippen molar-refractivity contribution in [2.75, 3.05) is 23.1 Å². The van der Waals surface area contributed by atoms with Crippen LogP contribution in [0.25, 0.3) is 11.3 Å². The average Bonchev–Trinajstić information content (AvgIpc) is 2.86. The number of nitrogens with zero attached hydrogens (tertiary/aromatic N) is 5. The molecule has 3 N–H and O–H groups in total. The van der Waals surface area contributed by atoms with E-state index in [4.69, 9.17) is 11.6 Å². The van der Waals surface area contributed by atoms with Crippen LogP contribution >= 0.6 is 11.6 Å². The molecule has 0 saturated carbocycles. The van der Waals surface area contributed by atoms with Gasteiger partial charge in [-0.2, -0.15) is 5.11 Å². The van der Waals surface area contributed by atoms with Gasteiger partial charge in [-0.15, -0.1) is 0 Å². The van der Waals surface area contributed by atoms with Crippen LogP contribution in [0, 0.1) is 6.92 Å². The predicted molar refractivity (Wildman–Crippen MR) is 134 cm³/mol. The van der Waals surface area contributed by atoms with Crippen molar-refractivity contribution in [1.29, 1.82) is 0 Å². The molecule has 10 heteroatoms. The Morgan fingerprint density at radius 2 is 1.91 bits per heavy atom. The van der Waals surface area contributed by atoms with Crippen LogP contribution in [0.1, 0.15) is 15.9 Å². The fraction of sp³-hybridized carbons (Fsp3) is 0.0833. The average molecular weight is 473 g/mol. The molecule has 0 spiro atoms. The smallest absolute Gasteiger partial charge is 0.255 e. The first-order valence-electron chi connectivity index (χ1n) is 10.3. The summed E-state index contributed by atoms with van der Waals surface area (Å²) in [7, 11) is 1.54. The van der Waals surface area contributed by atoms with Crippen LogP contribution in [0.5, 0.6) is 0 Å². The summed E-state index contributed by atoms with van der Waals surface area (Å²) in [5.41, 5.74) is 7.66. The van der Waals surface area contributed by atoms with Gasteiger partial charge in [0.25, 0.3) is 5.91 Å². The molecule has 2 aromatic carbocycles. The van der Waals surface area contributed by atoms with E-state index in [1.54, 1.807) is 36.8 Å². The zero-order chi connectivity index (χ0) is 23.9. The number of anilines is 4. The number of amides is 1. The second-order valence-corrected chi connectivity index (χ2v) is 7.63. The van der Waals surface area contributed by atoms with Gasteiger partial charge in [0.2, 0.25) is 5.95 Å². The maximum Gasteiger partial charge on any atom is 0.255 e. The van der Waals surface area contributed by atoms with Crippen LogP contribution in [-0.2, 0) is 0 Å². The van der Waals surface area contributed by atoms with Gasteiger partial charge >= 0.3 is 0 Å². The Bertz CT molecular complexity index is 1340. The molecule has 0 aliphatic rings. The summed E-state index contributed by atoms with van der Waals surface area (Å²) in [5.74, 6) is 0.141. The number of aryl methyl sites for hydroxylation is 1. The Labute approximate surface area is 201 Å². The van der Waals surface area contributed by atoms with Crippen LogP contribution in [0.3, 0.4) is 0 Å². The van der Waals surface area contributed by atoms with Crippen LogP contribution in [-0.4, -0.2) is 27.9 Å². The van der Waals surface area contributed by atoms with Gasteiger partial charge in [0.1, 0.15) is 0 Å². The monoisotopic (exact) mass is 472 g/mol. The molecule has 2 aromatic heterocycles. The minimum Gasteiger partial charge on any atom is -0.324 e. The van der Waals surface area contributed by atoms with Crippen LogP contribution < -0.4 is 16.1 Å². The van der Waals surface area contributed by atoms with E-state index in [1.165, 1.54) is 7.05 Å². The topological polar surface area (TPSA) is 117 Å². The molecule has 0 radical (unpaired) electrons. The van der Waals surface area contributed by atoms with Crippen LogP contribution in [0.2, 0.25) is 5.02 Å². The number of carbonyl (C=O) groups is 1. The lowest BCUT2D eigenvalue weighted by atomic mass is 10.1. The lowest BCUT2D eigenvalue weighted by Crippen LogP contribution is -2.12. The molecule has 34 heavy (non-hydrogen) atoms. The number of nitrogens with one attached hydrogen (secondary N) is 3. The molecule has 0 fully saturated rings. The highest BCUT2D eigenvalue weighted by molar-refractivity contribution is 6.33. The van der Waals surface area contributed by atoms with Crippen LogP contribution in [0.15, 0.2) is 83.5 Å². The molecule has 0 aliphatic carbocycles. The summed E-state index contributed by atoms with van der Waals surface area (Å²) < 4.78 is 0. The Hall–Kier alpha value is -4.37. The van der Waals surface area contributed by atoms with Crippen molar-refractivity contribution < 1.29 is 4.79 Å². The second-order valence-electron chi connectivity index (χ2n) is 7.22. The largest absolute Gasteiger partial charge is 0.324 e. The van der Waals surface area contributed by atoms with E-state index in [1.807, 2.05) is 43.3 Å². The number of benzene rings is 2. The highest BCUT2D eigenvalue weighted by Crippen LogP contribution is 2.26. The molecule has 170 valence electrons. The number of hydrogen-bond acceptors (Lipinski definition) is 7. The summed E-state index contributed by atoms with van der Waals surface area (Å²) in [5, 5.41) is 13.8. The maximum atomic E-state index is 12.8. The van der Waals surface area contributed by atoms with Crippen molar-refractivity contribution in [3.63, 3.8) is 0 Å². The normalized spacial score (nSPS) is 10.8. The van der Waals surface area contributed by atoms with E-state index < -0.39 is 0 Å². The molecule has 2 heterocycles. The van der Waals surface area contributed by atoms with Crippen molar-refractivity contribution in [1.82, 2.24) is 15.0 Å². The zero-order valence-corrected chi connectivity index (χ0v) is 19.2. The van der Waals surface area contributed by atoms with Gasteiger partial charge < -0.3 is 10.6 Å². The lowest BCUT2D eigenvalue weighted by Gasteiger charge is -2.12. The van der Waals surface area contributed by atoms with Gasteiger partial charge in [-0.25, -0.2) is 9.97 Å². The third-order valence-electron chi connectivity index (χ3n) is 4.86. The quantitative estimate of drug-likeness (QED) is 0.227. The van der Waals surface area contributed by atoms with E-state index in [2.05, 4.69) is 41.3 Å². The number of pyridine rings is 1. The SMILES string of the molecule is CN=NNc1ccc(C(=O)Nc2ccc(C)c(Nc3nccc(-c4cccnc4)n3)c2)cc1Cl. The highest BCUT2D eigenvalue weighted by Gasteiger charge is 2.11. The number of rotatable bonds is 7. The molecule has 0 saturated heterocycles. The standard InChI is InChI=1S/C24H21ClN8O/c1-15-5-7-18(29-23(34)16-6-8-21(19(25)12-16)32-33-26-2)13-22(15)31-24-28-11-9-20(30-24)17-4-3-10-27-14-17/h3-14H,1-2H3,(H,26,32)(H,29,34)(H,28,30,31). The summed E-state index contributed by atoms with van der Waals surface area (Å²) in [6, 6.07) is 16.0. The summed E-state index contributed by atoms with van der Waals surface area (Å²) in [6.07, 6.45) is 5.14. The predicted octanol–water partition coefficient (Wildman–Crippen LogP) is 5.91. The minimum atomic E-state index is -0.296. The number of hydrogen-bond donors (Lipinski definition) is 3. The molecular weight excluding hydrogens is 452 g/mol. The molecule has 0 aliphatic heterocycles. The van der Waals surface area contributed by atoms with E-state index >= 15 is 0 Å². The van der Waals surface area contributed by atoms with Crippen molar-refractivity contribution in [2.24, 2.45) is 10.3 Å². The molecule has 4 aromatic rings. The van der Waals surface area contributed by atoms with Crippen LogP contribution in [0.4, 0.5) is 23.0 Å². The van der Waals surface area contributed by atoms with Gasteiger partial charge in [0.05, 0.1) is 23.5 Å². The van der Waals surface area contributed by atoms with Gasteiger partial charge in [-0.1, -0.05) is 22.9 Å². The van der Waals surface area contributed by atoms with E-state index in [0.29, 0.717) is 27.9 Å². The first-order valence-corrected chi connectivity index (χ1v) is 10.7. The molecule has 1 amide bonds. The molecular formula is C24H21ClN8O. The third kappa shape index (κ3) is 5.51. The minimum absolute atomic E-state index is 0.296. The fourth-order valence-corrected chi connectivity index (χ4v) is 3.33. The third-order valence-corrected chi connectivity index (χ3v) is 5.17. The Morgan fingerprint density at radius 1 is 1.03 bits per heavy atom. The summed E-state index contributed by atoms with van der Waals surface area (Å²) in [4.78, 5) is 25.8. The van der Waals surface area contributed by atoms with Gasteiger partial charge in [-0.05, 0) is 61.0 Å². The second kappa shape index (κ2) is 10.5. The highest BCUT2D eigenvalue weighted by atomic mass is 35.5. The van der Waals surface area contributed by atoms with Crippen molar-refractivity contribution in [3.05, 3.63) is 89.3 Å². The number of aromatic nitrogens is 3. The van der Waals surface area contributed by atoms with Crippen molar-refractivity contribution in [2.45, 2.75) is 6.92 Å². The molecule has 4 rings (SSSR count). The van der Waals surface area contributed by atoms with E-state index in [0.717, 1.165) is 22.5 Å². The first-order chi connectivity index (χ1) is 16.5. The summed E-state index contributed by atoms with van der Waals surface area (Å²) in [6.45, 7) is 1.96. The maximum absolute atomic E-state index is 12.8. The Kier molecular flexibility index (Phi) is 7.04. The molecule has 0 atom stereocenters. The van der Waals surface area contributed by atoms with Gasteiger partial charge in [0.15, 0.2) is 0 Å². The van der Waals surface area contributed by atoms with Crippen molar-refractivity contribution >= 4 is 40.5 Å². The molecule has 9 nitrogen and oxygen atoms in total. The number of carbonyl (C=O) groups excluding carboxylic acids is 1. The van der Waals surface area contributed by atoms with E-state index in [-0.39, 0.29) is 5.91 Å². The summed E-state index contributed by atoms with van der Waals surface area (Å²) >= 11 is 6.23. The van der Waals surface area contributed by atoms with Gasteiger partial charge in [0, 0.05) is 41.1 Å². The zero-order valence-electron chi connectivity index (χ0n) is 18.5. The Balaban J connectivity index is 1.51. The van der Waals surface area contributed by atoms with Gasteiger partial charge in [-0.3, -0.25) is 15.2 Å². The number of halogens is 1. The first kappa shape index (κ1) is 22.8.